The molecule has 0 fully saturated rings. The second-order valence-corrected chi connectivity index (χ2v) is 11.8. The minimum Gasteiger partial charge on any atom is -0.397 e. The quantitative estimate of drug-likeness (QED) is 0.105. The highest BCUT2D eigenvalue weighted by atomic mass is 32.2. The highest BCUT2D eigenvalue weighted by molar-refractivity contribution is 7.86. The Morgan fingerprint density at radius 2 is 1.38 bits per heavy atom. The largest absolute Gasteiger partial charge is 0.397 e. The van der Waals surface area contributed by atoms with Crippen molar-refractivity contribution in [2.75, 3.05) is 16.4 Å². The van der Waals surface area contributed by atoms with Crippen LogP contribution in [0.25, 0.3) is 0 Å². The Morgan fingerprint density at radius 1 is 0.810 bits per heavy atom. The molecule has 0 saturated carbocycles. The number of anilines is 5. The Hall–Kier alpha value is -4.84. The molecule has 1 aliphatic rings. The van der Waals surface area contributed by atoms with E-state index in [1.54, 1.807) is 0 Å². The first-order valence-electron chi connectivity index (χ1n) is 11.5. The van der Waals surface area contributed by atoms with Gasteiger partial charge in [-0.15, -0.1) is 0 Å². The van der Waals surface area contributed by atoms with Crippen LogP contribution in [0.2, 0.25) is 0 Å². The van der Waals surface area contributed by atoms with Crippen LogP contribution in [0.1, 0.15) is 37.4 Å². The van der Waals surface area contributed by atoms with E-state index in [1.807, 2.05) is 0 Å². The Morgan fingerprint density at radius 3 is 1.95 bits per heavy atom. The van der Waals surface area contributed by atoms with Gasteiger partial charge in [-0.05, 0) is 30.7 Å². The van der Waals surface area contributed by atoms with Crippen molar-refractivity contribution in [2.24, 2.45) is 0 Å². The van der Waals surface area contributed by atoms with E-state index in [0.29, 0.717) is 6.33 Å². The van der Waals surface area contributed by atoms with Crippen LogP contribution < -0.4 is 16.4 Å². The third kappa shape index (κ3) is 4.83. The molecule has 0 amide bonds. The van der Waals surface area contributed by atoms with Crippen molar-refractivity contribution in [3.8, 4) is 0 Å². The van der Waals surface area contributed by atoms with Crippen molar-refractivity contribution in [3.05, 3.63) is 88.4 Å². The zero-order valence-corrected chi connectivity index (χ0v) is 22.6. The van der Waals surface area contributed by atoms with Gasteiger partial charge in [0.1, 0.15) is 11.2 Å². The lowest BCUT2D eigenvalue weighted by molar-refractivity contribution is 0.0980. The highest BCUT2D eigenvalue weighted by Gasteiger charge is 2.36. The number of rotatable bonds is 6. The van der Waals surface area contributed by atoms with Crippen LogP contribution in [0, 0.1) is 18.7 Å². The number of carbonyl (C=O) groups excluding carboxylic acids is 2. The van der Waals surface area contributed by atoms with Crippen molar-refractivity contribution < 1.29 is 44.3 Å². The number of nitrogens with one attached hydrogen (secondary N) is 2. The van der Waals surface area contributed by atoms with Crippen molar-refractivity contribution >= 4 is 60.4 Å². The number of ketones is 2. The first-order valence-corrected chi connectivity index (χ1v) is 14.4. The lowest BCUT2D eigenvalue weighted by atomic mass is 9.82. The van der Waals surface area contributed by atoms with Crippen molar-refractivity contribution in [1.29, 1.82) is 0 Å². The van der Waals surface area contributed by atoms with Gasteiger partial charge in [-0.1, -0.05) is 24.3 Å². The molecule has 0 radical (unpaired) electrons. The summed E-state index contributed by atoms with van der Waals surface area (Å²) in [6.07, 6.45) is 0.694. The maximum atomic E-state index is 14.3. The fraction of sp³-hybridized carbons (Fsp3) is 0.0400. The number of aromatic nitrogens is 2. The van der Waals surface area contributed by atoms with Gasteiger partial charge >= 0.3 is 0 Å². The summed E-state index contributed by atoms with van der Waals surface area (Å²) in [6.45, 7) is 1.36. The number of benzene rings is 3. The molecule has 1 aromatic heterocycles. The van der Waals surface area contributed by atoms with Gasteiger partial charge in [0.2, 0.25) is 5.82 Å². The SMILES string of the molecule is Cc1c(Nc2cc(S(=O)(=O)O)c(N)c3c2C(=O)c2ccccc2C3=O)cc(S(=O)(=O)O)cc1Nc1ncnc(F)c1F. The summed E-state index contributed by atoms with van der Waals surface area (Å²) in [4.78, 5) is 31.9. The molecule has 1 heterocycles. The second kappa shape index (κ2) is 9.91. The van der Waals surface area contributed by atoms with Crippen LogP contribution >= 0.6 is 0 Å². The molecule has 3 aromatic carbocycles. The van der Waals surface area contributed by atoms with Gasteiger partial charge < -0.3 is 16.4 Å². The van der Waals surface area contributed by atoms with E-state index < -0.39 is 76.0 Å². The number of halogens is 2. The fourth-order valence-corrected chi connectivity index (χ4v) is 5.59. The maximum Gasteiger partial charge on any atom is 0.296 e. The molecule has 13 nitrogen and oxygen atoms in total. The topological polar surface area (TPSA) is 219 Å². The minimum atomic E-state index is -5.07. The molecular formula is C25H17F2N5O8S2. The average molecular weight is 618 g/mol. The van der Waals surface area contributed by atoms with Gasteiger partial charge in [-0.2, -0.15) is 25.6 Å². The minimum absolute atomic E-state index is 0.0379. The molecule has 17 heteroatoms. The third-order valence-electron chi connectivity index (χ3n) is 6.43. The standard InChI is InChI=1S/C25H17F2N5O8S2/c1-10-14(6-11(41(35,36)37)7-15(10)32-25-20(26)24(27)29-9-30-25)31-16-8-17(42(38,39)40)21(28)19-18(16)22(33)12-4-2-3-5-13(12)23(19)34/h2-9,31H,28H2,1H3,(H,29,30,32)(H,35,36,37)(H,38,39,40). The molecule has 6 N–H and O–H groups in total. The van der Waals surface area contributed by atoms with E-state index in [9.17, 15) is 44.3 Å². The molecule has 0 unspecified atom stereocenters. The van der Waals surface area contributed by atoms with Crippen molar-refractivity contribution in [1.82, 2.24) is 9.97 Å². The number of fused-ring (bicyclic) bond motifs is 2. The predicted octanol–water partition coefficient (Wildman–Crippen LogP) is 3.40. The van der Waals surface area contributed by atoms with Crippen molar-refractivity contribution in [2.45, 2.75) is 16.7 Å². The molecule has 0 atom stereocenters. The Bertz CT molecular complexity index is 2090. The van der Waals surface area contributed by atoms with E-state index in [4.69, 9.17) is 5.73 Å². The Kier molecular flexibility index (Phi) is 6.77. The molecule has 0 saturated heterocycles. The smallest absolute Gasteiger partial charge is 0.296 e. The monoisotopic (exact) mass is 617 g/mol. The normalized spacial score (nSPS) is 13.0. The zero-order chi connectivity index (χ0) is 30.7. The molecule has 4 aromatic rings. The van der Waals surface area contributed by atoms with E-state index in [1.165, 1.54) is 31.2 Å². The summed E-state index contributed by atoms with van der Waals surface area (Å²) in [5.41, 5.74) is 3.48. The summed E-state index contributed by atoms with van der Waals surface area (Å²) in [6, 6.07) is 8.20. The average Bonchev–Trinajstić information content (AvgIpc) is 2.91. The first-order chi connectivity index (χ1) is 19.6. The highest BCUT2D eigenvalue weighted by Crippen LogP contribution is 2.41. The molecule has 0 spiro atoms. The summed E-state index contributed by atoms with van der Waals surface area (Å²) in [5, 5.41) is 5.06. The van der Waals surface area contributed by atoms with Gasteiger partial charge in [0, 0.05) is 22.5 Å². The zero-order valence-electron chi connectivity index (χ0n) is 21.0. The molecule has 0 aliphatic heterocycles. The first kappa shape index (κ1) is 28.7. The van der Waals surface area contributed by atoms with Crippen LogP contribution in [-0.4, -0.2) is 47.5 Å². The number of carbonyl (C=O) groups is 2. The number of hydrogen-bond acceptors (Lipinski definition) is 11. The predicted molar refractivity (Wildman–Crippen MR) is 143 cm³/mol. The number of nitrogen functional groups attached to an aromatic ring is 1. The van der Waals surface area contributed by atoms with Gasteiger partial charge in [0.25, 0.3) is 26.2 Å². The summed E-state index contributed by atoms with van der Waals surface area (Å²) in [5.74, 6) is -5.28. The molecule has 0 bridgehead atoms. The van der Waals surface area contributed by atoms with Gasteiger partial charge in [0.05, 0.1) is 27.4 Å². The van der Waals surface area contributed by atoms with Crippen LogP contribution in [0.5, 0.6) is 0 Å². The number of hydrogen-bond donors (Lipinski definition) is 5. The van der Waals surface area contributed by atoms with E-state index >= 15 is 0 Å². The van der Waals surface area contributed by atoms with E-state index in [-0.39, 0.29) is 33.8 Å². The molecule has 1 aliphatic carbocycles. The lowest BCUT2D eigenvalue weighted by Crippen LogP contribution is -2.25. The Labute approximate surface area is 235 Å². The summed E-state index contributed by atoms with van der Waals surface area (Å²) >= 11 is 0. The molecule has 42 heavy (non-hydrogen) atoms. The van der Waals surface area contributed by atoms with E-state index in [0.717, 1.165) is 18.2 Å². The molecule has 5 rings (SSSR count). The van der Waals surface area contributed by atoms with Crippen LogP contribution in [0.4, 0.5) is 37.3 Å². The molecular weight excluding hydrogens is 600 g/mol. The number of nitrogens with zero attached hydrogens (tertiary/aromatic N) is 2. The van der Waals surface area contributed by atoms with Crippen molar-refractivity contribution in [3.63, 3.8) is 0 Å². The van der Waals surface area contributed by atoms with Gasteiger partial charge in [-0.25, -0.2) is 9.97 Å². The fourth-order valence-electron chi connectivity index (χ4n) is 4.41. The maximum absolute atomic E-state index is 14.3. The molecule has 216 valence electrons. The Balaban J connectivity index is 1.76. The van der Waals surface area contributed by atoms with Crippen LogP contribution in [-0.2, 0) is 20.2 Å². The third-order valence-corrected chi connectivity index (χ3v) is 8.15. The lowest BCUT2D eigenvalue weighted by Gasteiger charge is -2.24. The van der Waals surface area contributed by atoms with Crippen LogP contribution in [0.15, 0.2) is 58.6 Å². The van der Waals surface area contributed by atoms with Gasteiger partial charge in [0.15, 0.2) is 17.4 Å². The van der Waals surface area contributed by atoms with E-state index in [2.05, 4.69) is 20.6 Å². The van der Waals surface area contributed by atoms with Gasteiger partial charge in [-0.3, -0.25) is 18.7 Å². The second-order valence-electron chi connectivity index (χ2n) is 8.96. The summed E-state index contributed by atoms with van der Waals surface area (Å²) < 4.78 is 96.1. The van der Waals surface area contributed by atoms with Crippen LogP contribution in [0.3, 0.4) is 0 Å². The summed E-state index contributed by atoms with van der Waals surface area (Å²) in [7, 11) is -10.0. The number of nitrogens with two attached hydrogens (primary N) is 1.